The number of hydrogen-bond acceptors (Lipinski definition) is 4. The Morgan fingerprint density at radius 3 is 2.86 bits per heavy atom. The van der Waals surface area contributed by atoms with Crippen molar-refractivity contribution in [2.24, 2.45) is 0 Å². The average Bonchev–Trinajstić information content (AvgIpc) is 2.86. The van der Waals surface area contributed by atoms with Gasteiger partial charge in [-0.05, 0) is 33.8 Å². The van der Waals surface area contributed by atoms with Crippen molar-refractivity contribution in [1.29, 1.82) is 0 Å². The van der Waals surface area contributed by atoms with E-state index in [-0.39, 0.29) is 23.7 Å². The molecule has 0 bridgehead atoms. The third-order valence-electron chi connectivity index (χ3n) is 3.48. The second-order valence-electron chi connectivity index (χ2n) is 6.42. The zero-order valence-corrected chi connectivity index (χ0v) is 13.5. The molecule has 1 fully saturated rings. The van der Waals surface area contributed by atoms with E-state index in [4.69, 9.17) is 9.47 Å². The van der Waals surface area contributed by atoms with Crippen LogP contribution < -0.4 is 0 Å². The molecule has 1 atom stereocenters. The largest absolute Gasteiger partial charge is 0.382 e. The van der Waals surface area contributed by atoms with Gasteiger partial charge in [0.2, 0.25) is 0 Å². The van der Waals surface area contributed by atoms with Crippen LogP contribution in [0.5, 0.6) is 0 Å². The average molecular weight is 295 g/mol. The quantitative estimate of drug-likeness (QED) is 0.849. The molecule has 0 aliphatic carbocycles. The zero-order valence-electron chi connectivity index (χ0n) is 13.5. The highest BCUT2D eigenvalue weighted by Gasteiger charge is 2.36. The van der Waals surface area contributed by atoms with Crippen molar-refractivity contribution >= 4 is 5.91 Å². The summed E-state index contributed by atoms with van der Waals surface area (Å²) < 4.78 is 12.9. The molecule has 21 heavy (non-hydrogen) atoms. The molecular formula is C15H25N3O3. The minimum absolute atomic E-state index is 0.0492. The molecule has 1 aliphatic heterocycles. The second kappa shape index (κ2) is 6.15. The summed E-state index contributed by atoms with van der Waals surface area (Å²) in [5, 5.41) is 4.36. The maximum atomic E-state index is 12.6. The predicted octanol–water partition coefficient (Wildman–Crippen LogP) is 1.73. The van der Waals surface area contributed by atoms with E-state index in [9.17, 15) is 4.79 Å². The number of amides is 1. The van der Waals surface area contributed by atoms with Crippen LogP contribution in [0.4, 0.5) is 0 Å². The molecule has 6 heteroatoms. The Labute approximate surface area is 126 Å². The third-order valence-corrected chi connectivity index (χ3v) is 3.48. The van der Waals surface area contributed by atoms with Crippen LogP contribution in [0.1, 0.15) is 44.2 Å². The molecular weight excluding hydrogens is 270 g/mol. The first kappa shape index (κ1) is 16.0. The van der Waals surface area contributed by atoms with Gasteiger partial charge in [-0.15, -0.1) is 0 Å². The Morgan fingerprint density at radius 1 is 1.57 bits per heavy atom. The molecule has 6 nitrogen and oxygen atoms in total. The predicted molar refractivity (Wildman–Crippen MR) is 79.3 cm³/mol. The second-order valence-corrected chi connectivity index (χ2v) is 6.42. The van der Waals surface area contributed by atoms with Gasteiger partial charge in [-0.3, -0.25) is 9.48 Å². The van der Waals surface area contributed by atoms with Gasteiger partial charge in [0.05, 0.1) is 18.3 Å². The van der Waals surface area contributed by atoms with Crippen molar-refractivity contribution in [3.63, 3.8) is 0 Å². The lowest BCUT2D eigenvalue weighted by molar-refractivity contribution is -0.143. The van der Waals surface area contributed by atoms with Crippen LogP contribution in [0.3, 0.4) is 0 Å². The molecule has 1 aromatic heterocycles. The number of rotatable bonds is 4. The van der Waals surface area contributed by atoms with Crippen LogP contribution in [0.25, 0.3) is 0 Å². The van der Waals surface area contributed by atoms with E-state index in [1.54, 1.807) is 22.8 Å². The minimum atomic E-state index is -0.377. The summed E-state index contributed by atoms with van der Waals surface area (Å²) >= 11 is 0. The molecule has 118 valence electrons. The number of morpholine rings is 1. The van der Waals surface area contributed by atoms with Crippen molar-refractivity contribution in [2.75, 3.05) is 26.8 Å². The van der Waals surface area contributed by atoms with E-state index in [2.05, 4.69) is 5.10 Å². The summed E-state index contributed by atoms with van der Waals surface area (Å²) in [7, 11) is 1.64. The maximum Gasteiger partial charge on any atom is 0.274 e. The number of methoxy groups -OCH3 is 1. The monoisotopic (exact) mass is 295 g/mol. The van der Waals surface area contributed by atoms with E-state index in [1.807, 2.05) is 33.9 Å². The first-order chi connectivity index (χ1) is 9.82. The Bertz CT molecular complexity index is 496. The lowest BCUT2D eigenvalue weighted by atomic mass is 10.0. The fourth-order valence-corrected chi connectivity index (χ4v) is 2.62. The van der Waals surface area contributed by atoms with Crippen molar-refractivity contribution in [1.82, 2.24) is 14.7 Å². The molecule has 1 amide bonds. The first-order valence-electron chi connectivity index (χ1n) is 7.33. The molecule has 1 saturated heterocycles. The third kappa shape index (κ3) is 3.83. The summed E-state index contributed by atoms with van der Waals surface area (Å²) in [6, 6.07) is 2.02. The lowest BCUT2D eigenvalue weighted by Crippen LogP contribution is -2.55. The number of carbonyl (C=O) groups excluding carboxylic acids is 1. The zero-order chi connectivity index (χ0) is 15.6. The molecule has 0 radical (unpaired) electrons. The normalized spacial score (nSPS) is 21.8. The van der Waals surface area contributed by atoms with Crippen LogP contribution in [0.15, 0.2) is 12.3 Å². The molecule has 1 aromatic rings. The maximum absolute atomic E-state index is 12.6. The first-order valence-corrected chi connectivity index (χ1v) is 7.33. The Kier molecular flexibility index (Phi) is 4.68. The van der Waals surface area contributed by atoms with Gasteiger partial charge >= 0.3 is 0 Å². The standard InChI is InChI=1S/C15H25N3O3/c1-11(2)18-7-6-13(16-18)14(19)17-8-12(9-20-5)21-15(3,4)10-17/h6-7,11-12H,8-10H2,1-5H3/t12-/m1/s1. The van der Waals surface area contributed by atoms with Crippen molar-refractivity contribution in [2.45, 2.75) is 45.4 Å². The molecule has 1 aliphatic rings. The minimum Gasteiger partial charge on any atom is -0.382 e. The summed E-state index contributed by atoms with van der Waals surface area (Å²) in [4.78, 5) is 14.4. The molecule has 0 saturated carbocycles. The van der Waals surface area contributed by atoms with Crippen LogP contribution in [0, 0.1) is 0 Å². The Balaban J connectivity index is 2.12. The number of carbonyl (C=O) groups is 1. The van der Waals surface area contributed by atoms with Gasteiger partial charge in [0, 0.05) is 32.4 Å². The SMILES string of the molecule is COC[C@H]1CN(C(=O)c2ccn(C(C)C)n2)CC(C)(C)O1. The van der Waals surface area contributed by atoms with Crippen LogP contribution in [0.2, 0.25) is 0 Å². The van der Waals surface area contributed by atoms with Gasteiger partial charge in [0.1, 0.15) is 5.69 Å². The number of hydrogen-bond donors (Lipinski definition) is 0. The van der Waals surface area contributed by atoms with E-state index in [0.29, 0.717) is 25.4 Å². The van der Waals surface area contributed by atoms with Gasteiger partial charge in [0.15, 0.2) is 0 Å². The van der Waals surface area contributed by atoms with Gasteiger partial charge in [0.25, 0.3) is 5.91 Å². The summed E-state index contributed by atoms with van der Waals surface area (Å²) in [5.74, 6) is -0.0492. The smallest absolute Gasteiger partial charge is 0.274 e. The molecule has 0 N–H and O–H groups in total. The molecule has 0 aromatic carbocycles. The fourth-order valence-electron chi connectivity index (χ4n) is 2.62. The summed E-state index contributed by atoms with van der Waals surface area (Å²) in [6.07, 6.45) is 1.74. The van der Waals surface area contributed by atoms with Crippen LogP contribution >= 0.6 is 0 Å². The molecule has 0 spiro atoms. The van der Waals surface area contributed by atoms with Gasteiger partial charge in [-0.25, -0.2) is 0 Å². The van der Waals surface area contributed by atoms with Crippen LogP contribution in [-0.2, 0) is 9.47 Å². The Hall–Kier alpha value is -1.40. The molecule has 2 rings (SSSR count). The number of ether oxygens (including phenoxy) is 2. The lowest BCUT2D eigenvalue weighted by Gasteiger charge is -2.42. The number of nitrogens with zero attached hydrogens (tertiary/aromatic N) is 3. The van der Waals surface area contributed by atoms with E-state index < -0.39 is 0 Å². The molecule has 2 heterocycles. The Morgan fingerprint density at radius 2 is 2.29 bits per heavy atom. The van der Waals surface area contributed by atoms with Crippen molar-refractivity contribution in [3.8, 4) is 0 Å². The van der Waals surface area contributed by atoms with E-state index in [0.717, 1.165) is 0 Å². The van der Waals surface area contributed by atoms with E-state index in [1.165, 1.54) is 0 Å². The fraction of sp³-hybridized carbons (Fsp3) is 0.733. The van der Waals surface area contributed by atoms with Crippen LogP contribution in [-0.4, -0.2) is 59.1 Å². The highest BCUT2D eigenvalue weighted by atomic mass is 16.5. The summed E-state index contributed by atoms with van der Waals surface area (Å²) in [6.45, 7) is 9.62. The van der Waals surface area contributed by atoms with Crippen molar-refractivity contribution in [3.05, 3.63) is 18.0 Å². The topological polar surface area (TPSA) is 56.6 Å². The van der Waals surface area contributed by atoms with E-state index >= 15 is 0 Å². The molecule has 0 unspecified atom stereocenters. The van der Waals surface area contributed by atoms with Gasteiger partial charge in [-0.1, -0.05) is 0 Å². The van der Waals surface area contributed by atoms with Gasteiger partial charge in [-0.2, -0.15) is 5.10 Å². The van der Waals surface area contributed by atoms with Gasteiger partial charge < -0.3 is 14.4 Å². The highest BCUT2D eigenvalue weighted by molar-refractivity contribution is 5.92. The number of aromatic nitrogens is 2. The summed E-state index contributed by atoms with van der Waals surface area (Å²) in [5.41, 5.74) is 0.107. The highest BCUT2D eigenvalue weighted by Crippen LogP contribution is 2.22. The van der Waals surface area contributed by atoms with Crippen molar-refractivity contribution < 1.29 is 14.3 Å².